The number of esters is 1. The van der Waals surface area contributed by atoms with Gasteiger partial charge in [-0.15, -0.1) is 0 Å². The van der Waals surface area contributed by atoms with E-state index in [2.05, 4.69) is 10.6 Å². The minimum Gasteiger partial charge on any atom is -0.489 e. The fraction of sp³-hybridized carbons (Fsp3) is 0.375. The summed E-state index contributed by atoms with van der Waals surface area (Å²) in [6.07, 6.45) is 0.448. The van der Waals surface area contributed by atoms with Gasteiger partial charge >= 0.3 is 5.97 Å². The van der Waals surface area contributed by atoms with Gasteiger partial charge in [0.1, 0.15) is 31.6 Å². The van der Waals surface area contributed by atoms with Crippen LogP contribution >= 0.6 is 0 Å². The molecule has 172 valence electrons. The highest BCUT2D eigenvalue weighted by molar-refractivity contribution is 5.92. The predicted molar refractivity (Wildman–Crippen MR) is 120 cm³/mol. The van der Waals surface area contributed by atoms with Crippen molar-refractivity contribution in [3.05, 3.63) is 60.2 Å². The number of carbonyl (C=O) groups is 3. The van der Waals surface area contributed by atoms with Gasteiger partial charge in [0.2, 0.25) is 11.8 Å². The molecule has 2 aromatic rings. The van der Waals surface area contributed by atoms with Crippen LogP contribution in [0.5, 0.6) is 5.75 Å². The van der Waals surface area contributed by atoms with Crippen LogP contribution in [-0.4, -0.2) is 44.1 Å². The second kappa shape index (κ2) is 13.1. The maximum absolute atomic E-state index is 12.0. The zero-order valence-corrected chi connectivity index (χ0v) is 18.6. The van der Waals surface area contributed by atoms with E-state index < -0.39 is 23.8 Å². The average molecular weight is 443 g/mol. The number of carbonyl (C=O) groups excluding carboxylic acids is 3. The number of ether oxygens (including phenoxy) is 3. The Labute approximate surface area is 188 Å². The van der Waals surface area contributed by atoms with Crippen molar-refractivity contribution in [1.82, 2.24) is 5.32 Å². The van der Waals surface area contributed by atoms with Gasteiger partial charge in [-0.25, -0.2) is 4.79 Å². The van der Waals surface area contributed by atoms with Gasteiger partial charge in [-0.1, -0.05) is 44.2 Å². The third-order valence-electron chi connectivity index (χ3n) is 4.38. The number of amides is 2. The molecule has 0 radical (unpaired) electrons. The van der Waals surface area contributed by atoms with Gasteiger partial charge in [-0.3, -0.25) is 9.59 Å². The smallest absolute Gasteiger partial charge is 0.328 e. The summed E-state index contributed by atoms with van der Waals surface area (Å²) in [5.41, 5.74) is 1.64. The molecule has 0 fully saturated rings. The third kappa shape index (κ3) is 9.18. The van der Waals surface area contributed by atoms with Gasteiger partial charge in [0, 0.05) is 5.69 Å². The van der Waals surface area contributed by atoms with Crippen molar-refractivity contribution in [3.63, 3.8) is 0 Å². The highest BCUT2D eigenvalue weighted by Crippen LogP contribution is 2.17. The van der Waals surface area contributed by atoms with Crippen LogP contribution < -0.4 is 15.4 Å². The van der Waals surface area contributed by atoms with E-state index in [1.54, 1.807) is 24.3 Å². The Hall–Kier alpha value is -3.39. The molecule has 8 heteroatoms. The molecule has 0 aliphatic heterocycles. The molecular formula is C24H30N2O6. The summed E-state index contributed by atoms with van der Waals surface area (Å²) in [6, 6.07) is 16.0. The van der Waals surface area contributed by atoms with E-state index in [1.165, 1.54) is 7.11 Å². The van der Waals surface area contributed by atoms with Gasteiger partial charge in [0.25, 0.3) is 0 Å². The van der Waals surface area contributed by atoms with Crippen molar-refractivity contribution < 1.29 is 28.6 Å². The van der Waals surface area contributed by atoms with E-state index in [1.807, 2.05) is 44.2 Å². The van der Waals surface area contributed by atoms with Crippen molar-refractivity contribution >= 4 is 23.5 Å². The first-order valence-corrected chi connectivity index (χ1v) is 10.4. The predicted octanol–water partition coefficient (Wildman–Crippen LogP) is 2.92. The summed E-state index contributed by atoms with van der Waals surface area (Å²) in [6.45, 7) is 3.68. The van der Waals surface area contributed by atoms with Gasteiger partial charge in [0.05, 0.1) is 7.11 Å². The molecule has 0 spiro atoms. The Bertz CT molecular complexity index is 868. The number of methoxy groups -OCH3 is 1. The molecule has 1 unspecified atom stereocenters. The van der Waals surface area contributed by atoms with Gasteiger partial charge in [-0.05, 0) is 42.2 Å². The van der Waals surface area contributed by atoms with Crippen LogP contribution in [0.15, 0.2) is 54.6 Å². The highest BCUT2D eigenvalue weighted by atomic mass is 16.5. The van der Waals surface area contributed by atoms with Crippen molar-refractivity contribution in [1.29, 1.82) is 0 Å². The number of anilines is 1. The van der Waals surface area contributed by atoms with Crippen molar-refractivity contribution in [3.8, 4) is 5.75 Å². The minimum atomic E-state index is -0.743. The van der Waals surface area contributed by atoms with Gasteiger partial charge in [0.15, 0.2) is 0 Å². The summed E-state index contributed by atoms with van der Waals surface area (Å²) in [5.74, 6) is -0.528. The van der Waals surface area contributed by atoms with E-state index in [0.717, 1.165) is 5.56 Å². The number of hydrogen-bond donors (Lipinski definition) is 2. The molecule has 8 nitrogen and oxygen atoms in total. The molecule has 2 amide bonds. The summed E-state index contributed by atoms with van der Waals surface area (Å²) in [7, 11) is 1.27. The second-order valence-electron chi connectivity index (χ2n) is 7.61. The van der Waals surface area contributed by atoms with Crippen molar-refractivity contribution in [2.24, 2.45) is 5.92 Å². The lowest BCUT2D eigenvalue weighted by Gasteiger charge is -2.18. The van der Waals surface area contributed by atoms with E-state index in [0.29, 0.717) is 24.5 Å². The van der Waals surface area contributed by atoms with E-state index in [-0.39, 0.29) is 19.1 Å². The van der Waals surface area contributed by atoms with Crippen LogP contribution in [0.25, 0.3) is 0 Å². The normalized spacial score (nSPS) is 11.5. The van der Waals surface area contributed by atoms with Gasteiger partial charge < -0.3 is 24.8 Å². The minimum absolute atomic E-state index is 0.196. The van der Waals surface area contributed by atoms with Crippen LogP contribution in [0.1, 0.15) is 25.8 Å². The van der Waals surface area contributed by atoms with Crippen LogP contribution in [-0.2, 0) is 30.5 Å². The quantitative estimate of drug-likeness (QED) is 0.490. The molecule has 2 N–H and O–H groups in total. The van der Waals surface area contributed by atoms with Crippen LogP contribution in [0.3, 0.4) is 0 Å². The molecule has 2 rings (SSSR count). The zero-order valence-electron chi connectivity index (χ0n) is 18.6. The molecule has 0 saturated carbocycles. The fourth-order valence-corrected chi connectivity index (χ4v) is 2.87. The van der Waals surface area contributed by atoms with Gasteiger partial charge in [-0.2, -0.15) is 0 Å². The summed E-state index contributed by atoms with van der Waals surface area (Å²) in [4.78, 5) is 35.8. The Morgan fingerprint density at radius 3 is 2.19 bits per heavy atom. The van der Waals surface area contributed by atoms with E-state index >= 15 is 0 Å². The molecule has 0 aliphatic rings. The number of nitrogens with one attached hydrogen (secondary N) is 2. The molecule has 2 aromatic carbocycles. The van der Waals surface area contributed by atoms with E-state index in [4.69, 9.17) is 14.2 Å². The average Bonchev–Trinajstić information content (AvgIpc) is 2.78. The monoisotopic (exact) mass is 442 g/mol. The number of rotatable bonds is 12. The number of benzene rings is 2. The summed E-state index contributed by atoms with van der Waals surface area (Å²) in [5, 5.41) is 5.25. The maximum Gasteiger partial charge on any atom is 0.328 e. The van der Waals surface area contributed by atoms with Crippen LogP contribution in [0, 0.1) is 5.92 Å². The zero-order chi connectivity index (χ0) is 23.3. The third-order valence-corrected chi connectivity index (χ3v) is 4.38. The molecule has 0 bridgehead atoms. The van der Waals surface area contributed by atoms with E-state index in [9.17, 15) is 14.4 Å². The fourth-order valence-electron chi connectivity index (χ4n) is 2.87. The molecular weight excluding hydrogens is 412 g/mol. The molecule has 0 saturated heterocycles. The topological polar surface area (TPSA) is 103 Å². The standard InChI is InChI=1S/C24H30N2O6/c1-17(2)13-21(24(29)30-3)26-23(28)16-31-15-22(27)25-19-9-11-20(12-10-19)32-14-18-7-5-4-6-8-18/h4-12,17,21H,13-16H2,1-3H3,(H,25,27)(H,26,28). The first-order chi connectivity index (χ1) is 15.4. The largest absolute Gasteiger partial charge is 0.489 e. The Kier molecular flexibility index (Phi) is 10.2. The summed E-state index contributed by atoms with van der Waals surface area (Å²) < 4.78 is 15.6. The Morgan fingerprint density at radius 1 is 0.906 bits per heavy atom. The second-order valence-corrected chi connectivity index (χ2v) is 7.61. The Morgan fingerprint density at radius 2 is 1.56 bits per heavy atom. The SMILES string of the molecule is COC(=O)C(CC(C)C)NC(=O)COCC(=O)Nc1ccc(OCc2ccccc2)cc1. The Balaban J connectivity index is 1.70. The molecule has 32 heavy (non-hydrogen) atoms. The molecule has 0 aliphatic carbocycles. The lowest BCUT2D eigenvalue weighted by molar-refractivity contribution is -0.146. The molecule has 1 atom stereocenters. The number of hydrogen-bond acceptors (Lipinski definition) is 6. The first-order valence-electron chi connectivity index (χ1n) is 10.4. The maximum atomic E-state index is 12.0. The summed E-state index contributed by atoms with van der Waals surface area (Å²) >= 11 is 0. The van der Waals surface area contributed by atoms with Crippen molar-refractivity contribution in [2.75, 3.05) is 25.6 Å². The lowest BCUT2D eigenvalue weighted by Crippen LogP contribution is -2.44. The lowest BCUT2D eigenvalue weighted by atomic mass is 10.0. The van der Waals surface area contributed by atoms with Crippen molar-refractivity contribution in [2.45, 2.75) is 32.9 Å². The molecule has 0 heterocycles. The highest BCUT2D eigenvalue weighted by Gasteiger charge is 2.22. The first kappa shape index (κ1) is 24.9. The van der Waals surface area contributed by atoms with Crippen LogP contribution in [0.4, 0.5) is 5.69 Å². The molecule has 0 aromatic heterocycles. The van der Waals surface area contributed by atoms with Crippen LogP contribution in [0.2, 0.25) is 0 Å².